The molecular weight excluding hydrogens is 298 g/mol. The van der Waals surface area contributed by atoms with Gasteiger partial charge in [0.15, 0.2) is 15.8 Å². The first kappa shape index (κ1) is 18.5. The molecule has 0 saturated heterocycles. The van der Waals surface area contributed by atoms with E-state index in [0.717, 1.165) is 30.9 Å². The van der Waals surface area contributed by atoms with Gasteiger partial charge in [0.25, 0.3) is 0 Å². The maximum atomic E-state index is 12.1. The number of guanidine groups is 1. The quantitative estimate of drug-likeness (QED) is 0.414. The van der Waals surface area contributed by atoms with Crippen molar-refractivity contribution < 1.29 is 8.42 Å². The Balaban J connectivity index is 2.28. The summed E-state index contributed by atoms with van der Waals surface area (Å²) in [6.45, 7) is 3.61. The summed E-state index contributed by atoms with van der Waals surface area (Å²) in [5.41, 5.74) is 0.840. The smallest absolute Gasteiger partial charge is 0.190 e. The topological polar surface area (TPSA) is 70.6 Å². The number of hydrogen-bond acceptors (Lipinski definition) is 3. The fraction of sp³-hybridized carbons (Fsp3) is 0.562. The van der Waals surface area contributed by atoms with E-state index in [1.807, 2.05) is 30.3 Å². The molecule has 124 valence electrons. The van der Waals surface area contributed by atoms with Crippen LogP contribution in [0.25, 0.3) is 0 Å². The molecule has 1 aromatic carbocycles. The summed E-state index contributed by atoms with van der Waals surface area (Å²) in [6.07, 6.45) is 2.79. The van der Waals surface area contributed by atoms with Crippen molar-refractivity contribution in [3.63, 3.8) is 0 Å². The van der Waals surface area contributed by atoms with Gasteiger partial charge in [0.1, 0.15) is 0 Å². The lowest BCUT2D eigenvalue weighted by atomic mass is 10.2. The molecule has 0 unspecified atom stereocenters. The summed E-state index contributed by atoms with van der Waals surface area (Å²) in [5.74, 6) is 1.02. The first-order chi connectivity index (χ1) is 10.6. The number of sulfone groups is 1. The maximum absolute atomic E-state index is 12.1. The third-order valence-corrected chi connectivity index (χ3v) is 4.88. The molecule has 0 atom stereocenters. The molecule has 0 amide bonds. The lowest BCUT2D eigenvalue weighted by Gasteiger charge is -2.11. The van der Waals surface area contributed by atoms with Crippen LogP contribution in [-0.4, -0.2) is 40.3 Å². The monoisotopic (exact) mass is 325 g/mol. The van der Waals surface area contributed by atoms with E-state index in [2.05, 4.69) is 22.5 Å². The van der Waals surface area contributed by atoms with Crippen LogP contribution in [-0.2, 0) is 15.6 Å². The molecule has 1 rings (SSSR count). The van der Waals surface area contributed by atoms with E-state index in [4.69, 9.17) is 0 Å². The van der Waals surface area contributed by atoms with E-state index >= 15 is 0 Å². The second-order valence-corrected chi connectivity index (χ2v) is 7.39. The molecule has 0 aromatic heterocycles. The van der Waals surface area contributed by atoms with Crippen molar-refractivity contribution in [3.05, 3.63) is 35.9 Å². The van der Waals surface area contributed by atoms with E-state index in [1.54, 1.807) is 7.05 Å². The van der Waals surface area contributed by atoms with E-state index in [-0.39, 0.29) is 11.5 Å². The number of aliphatic imine (C=N–C) groups is 1. The van der Waals surface area contributed by atoms with Crippen LogP contribution in [0.2, 0.25) is 0 Å². The first-order valence-corrected chi connectivity index (χ1v) is 9.58. The zero-order chi connectivity index (χ0) is 16.3. The van der Waals surface area contributed by atoms with Gasteiger partial charge in [0.2, 0.25) is 0 Å². The SMILES string of the molecule is CCCCNC(=NC)NCCCS(=O)(=O)Cc1ccccc1. The Hall–Kier alpha value is -1.56. The van der Waals surface area contributed by atoms with Gasteiger partial charge in [-0.1, -0.05) is 43.7 Å². The molecule has 22 heavy (non-hydrogen) atoms. The third kappa shape index (κ3) is 8.02. The Bertz CT molecular complexity index is 542. The molecule has 0 aliphatic carbocycles. The average molecular weight is 325 g/mol. The van der Waals surface area contributed by atoms with Crippen LogP contribution >= 0.6 is 0 Å². The van der Waals surface area contributed by atoms with Crippen molar-refractivity contribution >= 4 is 15.8 Å². The second-order valence-electron chi connectivity index (χ2n) is 5.21. The van der Waals surface area contributed by atoms with Crippen molar-refractivity contribution in [2.45, 2.75) is 31.9 Å². The fourth-order valence-corrected chi connectivity index (χ4v) is 3.43. The van der Waals surface area contributed by atoms with Crippen LogP contribution in [0.1, 0.15) is 31.7 Å². The Kier molecular flexibility index (Phi) is 8.58. The van der Waals surface area contributed by atoms with Gasteiger partial charge in [-0.3, -0.25) is 4.99 Å². The second kappa shape index (κ2) is 10.2. The van der Waals surface area contributed by atoms with Gasteiger partial charge >= 0.3 is 0 Å². The predicted molar refractivity (Wildman–Crippen MR) is 92.8 cm³/mol. The minimum atomic E-state index is -3.06. The van der Waals surface area contributed by atoms with Crippen LogP contribution in [0.15, 0.2) is 35.3 Å². The molecular formula is C16H27N3O2S. The summed E-state index contributed by atoms with van der Waals surface area (Å²) < 4.78 is 24.1. The minimum Gasteiger partial charge on any atom is -0.356 e. The Morgan fingerprint density at radius 3 is 2.32 bits per heavy atom. The lowest BCUT2D eigenvalue weighted by molar-refractivity contribution is 0.591. The zero-order valence-corrected chi connectivity index (χ0v) is 14.3. The molecule has 2 N–H and O–H groups in total. The molecule has 0 aliphatic rings. The molecule has 5 nitrogen and oxygen atoms in total. The molecule has 0 bridgehead atoms. The van der Waals surface area contributed by atoms with Gasteiger partial charge in [-0.2, -0.15) is 0 Å². The zero-order valence-electron chi connectivity index (χ0n) is 13.5. The van der Waals surface area contributed by atoms with Gasteiger partial charge in [-0.15, -0.1) is 0 Å². The van der Waals surface area contributed by atoms with E-state index in [1.165, 1.54) is 0 Å². The van der Waals surface area contributed by atoms with E-state index in [9.17, 15) is 8.42 Å². The Morgan fingerprint density at radius 1 is 1.09 bits per heavy atom. The van der Waals surface area contributed by atoms with Gasteiger partial charge in [-0.05, 0) is 18.4 Å². The summed E-state index contributed by atoms with van der Waals surface area (Å²) in [6, 6.07) is 9.29. The summed E-state index contributed by atoms with van der Waals surface area (Å²) >= 11 is 0. The highest BCUT2D eigenvalue weighted by atomic mass is 32.2. The molecule has 0 radical (unpaired) electrons. The fourth-order valence-electron chi connectivity index (χ4n) is 2.00. The van der Waals surface area contributed by atoms with Crippen LogP contribution < -0.4 is 10.6 Å². The molecule has 0 spiro atoms. The van der Waals surface area contributed by atoms with Gasteiger partial charge in [-0.25, -0.2) is 8.42 Å². The minimum absolute atomic E-state index is 0.108. The molecule has 0 saturated carbocycles. The first-order valence-electron chi connectivity index (χ1n) is 7.76. The van der Waals surface area contributed by atoms with Crippen molar-refractivity contribution in [3.8, 4) is 0 Å². The molecule has 0 heterocycles. The number of unbranched alkanes of at least 4 members (excludes halogenated alkanes) is 1. The highest BCUT2D eigenvalue weighted by Gasteiger charge is 2.11. The Labute approximate surface area is 134 Å². The van der Waals surface area contributed by atoms with Crippen molar-refractivity contribution in [2.75, 3.05) is 25.9 Å². The van der Waals surface area contributed by atoms with Gasteiger partial charge in [0.05, 0.1) is 11.5 Å². The molecule has 1 aromatic rings. The predicted octanol–water partition coefficient (Wildman–Crippen LogP) is 1.96. The average Bonchev–Trinajstić information content (AvgIpc) is 2.50. The van der Waals surface area contributed by atoms with Crippen LogP contribution in [0.4, 0.5) is 0 Å². The number of rotatable bonds is 9. The standard InChI is InChI=1S/C16H27N3O2S/c1-3-4-11-18-16(17-2)19-12-8-13-22(20,21)14-15-9-6-5-7-10-15/h5-7,9-10H,3-4,8,11-14H2,1-2H3,(H2,17,18,19). The normalized spacial score (nSPS) is 12.2. The number of benzene rings is 1. The largest absolute Gasteiger partial charge is 0.356 e. The summed E-state index contributed by atoms with van der Waals surface area (Å²) in [7, 11) is -1.34. The van der Waals surface area contributed by atoms with E-state index < -0.39 is 9.84 Å². The summed E-state index contributed by atoms with van der Waals surface area (Å²) in [4.78, 5) is 4.11. The van der Waals surface area contributed by atoms with Gasteiger partial charge < -0.3 is 10.6 Å². The van der Waals surface area contributed by atoms with Crippen LogP contribution in [0.5, 0.6) is 0 Å². The molecule has 6 heteroatoms. The molecule has 0 fully saturated rings. The highest BCUT2D eigenvalue weighted by Crippen LogP contribution is 2.06. The number of nitrogens with zero attached hydrogens (tertiary/aromatic N) is 1. The van der Waals surface area contributed by atoms with Crippen molar-refractivity contribution in [2.24, 2.45) is 4.99 Å². The van der Waals surface area contributed by atoms with Gasteiger partial charge in [0, 0.05) is 20.1 Å². The van der Waals surface area contributed by atoms with Crippen LogP contribution in [0, 0.1) is 0 Å². The Morgan fingerprint density at radius 2 is 1.73 bits per heavy atom. The number of hydrogen-bond donors (Lipinski definition) is 2. The van der Waals surface area contributed by atoms with Crippen LogP contribution in [0.3, 0.4) is 0 Å². The maximum Gasteiger partial charge on any atom is 0.190 e. The third-order valence-electron chi connectivity index (χ3n) is 3.20. The van der Waals surface area contributed by atoms with Crippen molar-refractivity contribution in [1.82, 2.24) is 10.6 Å². The molecule has 0 aliphatic heterocycles. The lowest BCUT2D eigenvalue weighted by Crippen LogP contribution is -2.38. The van der Waals surface area contributed by atoms with Crippen molar-refractivity contribution in [1.29, 1.82) is 0 Å². The summed E-state index contributed by atoms with van der Waals surface area (Å²) in [5, 5.41) is 6.34. The number of nitrogens with one attached hydrogen (secondary N) is 2. The highest BCUT2D eigenvalue weighted by molar-refractivity contribution is 7.90. The van der Waals surface area contributed by atoms with E-state index in [0.29, 0.717) is 13.0 Å².